The van der Waals surface area contributed by atoms with E-state index >= 15 is 0 Å². The van der Waals surface area contributed by atoms with Gasteiger partial charge in [-0.05, 0) is 42.5 Å². The molecule has 3 aromatic rings. The summed E-state index contributed by atoms with van der Waals surface area (Å²) in [5.74, 6) is 1.90. The Labute approximate surface area is 144 Å². The molecule has 0 amide bonds. The number of aromatic nitrogens is 3. The van der Waals surface area contributed by atoms with Crippen LogP contribution in [0.2, 0.25) is 0 Å². The van der Waals surface area contributed by atoms with Crippen molar-refractivity contribution in [2.75, 3.05) is 0 Å². The predicted molar refractivity (Wildman–Crippen MR) is 93.3 cm³/mol. The molecule has 1 aliphatic heterocycles. The lowest BCUT2D eigenvalue weighted by Crippen LogP contribution is -2.21. The second-order valence-electron chi connectivity index (χ2n) is 6.12. The summed E-state index contributed by atoms with van der Waals surface area (Å²) < 4.78 is 16.3. The first-order valence-corrected chi connectivity index (χ1v) is 9.08. The van der Waals surface area contributed by atoms with Gasteiger partial charge in [-0.3, -0.25) is 0 Å². The molecule has 3 heterocycles. The van der Waals surface area contributed by atoms with Crippen LogP contribution in [0.1, 0.15) is 36.6 Å². The van der Waals surface area contributed by atoms with E-state index < -0.39 is 0 Å². The van der Waals surface area contributed by atoms with E-state index in [2.05, 4.69) is 27.0 Å². The first kappa shape index (κ1) is 15.5. The summed E-state index contributed by atoms with van der Waals surface area (Å²) >= 11 is 1.55. The molecule has 2 aromatic heterocycles. The van der Waals surface area contributed by atoms with Crippen molar-refractivity contribution in [3.8, 4) is 10.4 Å². The van der Waals surface area contributed by atoms with Gasteiger partial charge in [-0.15, -0.1) is 21.5 Å². The molecule has 0 saturated heterocycles. The van der Waals surface area contributed by atoms with Crippen LogP contribution in [0, 0.1) is 5.82 Å². The number of halogens is 1. The van der Waals surface area contributed by atoms with E-state index in [-0.39, 0.29) is 11.9 Å². The number of aryl methyl sites for hydroxylation is 1. The first-order valence-electron chi connectivity index (χ1n) is 8.20. The number of fused-ring (bicyclic) bond motifs is 1. The minimum atomic E-state index is -0.176. The van der Waals surface area contributed by atoms with E-state index in [0.29, 0.717) is 12.1 Å². The van der Waals surface area contributed by atoms with E-state index in [0.717, 1.165) is 41.5 Å². The maximum atomic E-state index is 14.1. The van der Waals surface area contributed by atoms with Gasteiger partial charge in [0.2, 0.25) is 0 Å². The highest BCUT2D eigenvalue weighted by Gasteiger charge is 2.21. The number of nitrogens with one attached hydrogen (secondary N) is 1. The van der Waals surface area contributed by atoms with Crippen molar-refractivity contribution >= 4 is 11.3 Å². The Morgan fingerprint density at radius 3 is 3.08 bits per heavy atom. The molecule has 0 fully saturated rings. The lowest BCUT2D eigenvalue weighted by molar-refractivity contribution is 0.515. The SMILES string of the molecule is C[C@@H](NCc1ccc(F)c(-c2cccs2)c1)c1nnc2n1CCC2. The van der Waals surface area contributed by atoms with E-state index in [9.17, 15) is 4.39 Å². The highest BCUT2D eigenvalue weighted by atomic mass is 32.1. The highest BCUT2D eigenvalue weighted by Crippen LogP contribution is 2.28. The van der Waals surface area contributed by atoms with Gasteiger partial charge in [0, 0.05) is 30.0 Å². The third-order valence-electron chi connectivity index (χ3n) is 4.46. The summed E-state index contributed by atoms with van der Waals surface area (Å²) in [4.78, 5) is 0.956. The summed E-state index contributed by atoms with van der Waals surface area (Å²) in [6, 6.07) is 9.31. The van der Waals surface area contributed by atoms with Gasteiger partial charge in [-0.1, -0.05) is 12.1 Å². The molecule has 0 bridgehead atoms. The van der Waals surface area contributed by atoms with Gasteiger partial charge in [0.1, 0.15) is 17.5 Å². The van der Waals surface area contributed by atoms with Gasteiger partial charge in [-0.2, -0.15) is 0 Å². The number of nitrogens with zero attached hydrogens (tertiary/aromatic N) is 3. The minimum absolute atomic E-state index is 0.111. The lowest BCUT2D eigenvalue weighted by atomic mass is 10.1. The van der Waals surface area contributed by atoms with Gasteiger partial charge in [0.25, 0.3) is 0 Å². The van der Waals surface area contributed by atoms with Crippen molar-refractivity contribution < 1.29 is 4.39 Å². The predicted octanol–water partition coefficient (Wildman–Crippen LogP) is 3.94. The molecule has 4 rings (SSSR count). The van der Waals surface area contributed by atoms with Crippen LogP contribution in [0.4, 0.5) is 4.39 Å². The maximum absolute atomic E-state index is 14.1. The highest BCUT2D eigenvalue weighted by molar-refractivity contribution is 7.13. The number of hydrogen-bond donors (Lipinski definition) is 1. The molecular formula is C18H19FN4S. The van der Waals surface area contributed by atoms with Crippen LogP contribution >= 0.6 is 11.3 Å². The Balaban J connectivity index is 1.49. The Morgan fingerprint density at radius 1 is 1.33 bits per heavy atom. The molecule has 0 aliphatic carbocycles. The van der Waals surface area contributed by atoms with Crippen molar-refractivity contribution in [3.63, 3.8) is 0 Å². The molecule has 24 heavy (non-hydrogen) atoms. The first-order chi connectivity index (χ1) is 11.7. The number of benzene rings is 1. The Kier molecular flexibility index (Phi) is 4.16. The molecule has 0 radical (unpaired) electrons. The maximum Gasteiger partial charge on any atom is 0.149 e. The molecule has 0 spiro atoms. The topological polar surface area (TPSA) is 42.7 Å². The van der Waals surface area contributed by atoms with Gasteiger partial charge < -0.3 is 9.88 Å². The summed E-state index contributed by atoms with van der Waals surface area (Å²) in [7, 11) is 0. The number of thiophene rings is 1. The van der Waals surface area contributed by atoms with Crippen molar-refractivity contribution in [1.82, 2.24) is 20.1 Å². The molecule has 1 atom stereocenters. The van der Waals surface area contributed by atoms with Gasteiger partial charge in [0.05, 0.1) is 6.04 Å². The van der Waals surface area contributed by atoms with Crippen molar-refractivity contribution in [2.45, 2.75) is 38.9 Å². The van der Waals surface area contributed by atoms with Crippen LogP contribution in [0.25, 0.3) is 10.4 Å². The molecule has 1 N–H and O–H groups in total. The van der Waals surface area contributed by atoms with E-state index in [1.54, 1.807) is 17.4 Å². The largest absolute Gasteiger partial charge is 0.314 e. The second kappa shape index (κ2) is 6.45. The van der Waals surface area contributed by atoms with Crippen LogP contribution in [0.5, 0.6) is 0 Å². The van der Waals surface area contributed by atoms with Crippen LogP contribution in [-0.4, -0.2) is 14.8 Å². The van der Waals surface area contributed by atoms with Gasteiger partial charge >= 0.3 is 0 Å². The Morgan fingerprint density at radius 2 is 2.25 bits per heavy atom. The van der Waals surface area contributed by atoms with Crippen molar-refractivity contribution in [3.05, 3.63) is 58.7 Å². The second-order valence-corrected chi connectivity index (χ2v) is 7.07. The van der Waals surface area contributed by atoms with E-state index in [1.165, 1.54) is 0 Å². The Hall–Kier alpha value is -2.05. The molecule has 6 heteroatoms. The number of hydrogen-bond acceptors (Lipinski definition) is 4. The Bertz CT molecular complexity index is 841. The standard InChI is InChI=1S/C18H19FN4S/c1-12(18-22-21-17-5-2-8-23(17)18)20-11-13-6-7-15(19)14(10-13)16-4-3-9-24-16/h3-4,6-7,9-10,12,20H,2,5,8,11H2,1H3/t12-/m1/s1. The van der Waals surface area contributed by atoms with Crippen LogP contribution < -0.4 is 5.32 Å². The zero-order chi connectivity index (χ0) is 16.5. The molecule has 0 saturated carbocycles. The molecule has 1 aliphatic rings. The van der Waals surface area contributed by atoms with Crippen LogP contribution in [0.3, 0.4) is 0 Å². The molecular weight excluding hydrogens is 323 g/mol. The third-order valence-corrected chi connectivity index (χ3v) is 5.36. The van der Waals surface area contributed by atoms with Crippen molar-refractivity contribution in [1.29, 1.82) is 0 Å². The quantitative estimate of drug-likeness (QED) is 0.764. The third kappa shape index (κ3) is 2.87. The normalized spacial score (nSPS) is 14.8. The summed E-state index contributed by atoms with van der Waals surface area (Å²) in [6.07, 6.45) is 2.16. The zero-order valence-electron chi connectivity index (χ0n) is 13.5. The summed E-state index contributed by atoms with van der Waals surface area (Å²) in [6.45, 7) is 3.77. The summed E-state index contributed by atoms with van der Waals surface area (Å²) in [5.41, 5.74) is 1.73. The van der Waals surface area contributed by atoms with Crippen molar-refractivity contribution in [2.24, 2.45) is 0 Å². The average molecular weight is 342 g/mol. The van der Waals surface area contributed by atoms with Crippen LogP contribution in [-0.2, 0) is 19.5 Å². The summed E-state index contributed by atoms with van der Waals surface area (Å²) in [5, 5.41) is 14.0. The fraction of sp³-hybridized carbons (Fsp3) is 0.333. The fourth-order valence-electron chi connectivity index (χ4n) is 3.16. The monoisotopic (exact) mass is 342 g/mol. The van der Waals surface area contributed by atoms with Crippen LogP contribution in [0.15, 0.2) is 35.7 Å². The molecule has 0 unspecified atom stereocenters. The van der Waals surface area contributed by atoms with Gasteiger partial charge in [0.15, 0.2) is 0 Å². The lowest BCUT2D eigenvalue weighted by Gasteiger charge is -2.14. The zero-order valence-corrected chi connectivity index (χ0v) is 14.3. The number of rotatable bonds is 5. The minimum Gasteiger partial charge on any atom is -0.314 e. The molecule has 1 aromatic carbocycles. The fourth-order valence-corrected chi connectivity index (χ4v) is 3.90. The van der Waals surface area contributed by atoms with Gasteiger partial charge in [-0.25, -0.2) is 4.39 Å². The smallest absolute Gasteiger partial charge is 0.149 e. The molecule has 4 nitrogen and oxygen atoms in total. The molecule has 124 valence electrons. The van der Waals surface area contributed by atoms with E-state index in [4.69, 9.17) is 0 Å². The average Bonchev–Trinajstić information content (AvgIpc) is 3.31. The van der Waals surface area contributed by atoms with E-state index in [1.807, 2.05) is 29.6 Å².